The zero-order chi connectivity index (χ0) is 8.43. The van der Waals surface area contributed by atoms with Crippen LogP contribution in [-0.4, -0.2) is 10.1 Å². The first-order valence-electron chi connectivity index (χ1n) is 3.29. The molecular formula is C7H9NO2S. The van der Waals surface area contributed by atoms with Crippen LogP contribution in [0.1, 0.15) is 25.3 Å². The van der Waals surface area contributed by atoms with Gasteiger partial charge >= 0.3 is 0 Å². The highest BCUT2D eigenvalue weighted by atomic mass is 32.1. The normalized spacial score (nSPS) is 10.5. The van der Waals surface area contributed by atoms with Crippen molar-refractivity contribution in [3.63, 3.8) is 0 Å². The maximum atomic E-state index is 11.0. The summed E-state index contributed by atoms with van der Waals surface area (Å²) in [6, 6.07) is 0. The lowest BCUT2D eigenvalue weighted by Crippen LogP contribution is -2.11. The third-order valence-corrected chi connectivity index (χ3v) is 2.03. The van der Waals surface area contributed by atoms with Gasteiger partial charge in [-0.2, -0.15) is 0 Å². The Kier molecular flexibility index (Phi) is 2.24. The summed E-state index contributed by atoms with van der Waals surface area (Å²) in [7, 11) is 0. The Balaban J connectivity index is 3.33. The summed E-state index contributed by atoms with van der Waals surface area (Å²) < 4.78 is 0. The Bertz CT molecular complexity index is 306. The van der Waals surface area contributed by atoms with Gasteiger partial charge in [-0.05, 0) is 5.92 Å². The van der Waals surface area contributed by atoms with Crippen LogP contribution in [0.15, 0.2) is 10.3 Å². The summed E-state index contributed by atoms with van der Waals surface area (Å²) in [5, 5.41) is 9.32. The van der Waals surface area contributed by atoms with Crippen molar-refractivity contribution in [1.29, 1.82) is 0 Å². The van der Waals surface area contributed by atoms with Gasteiger partial charge in [-0.15, -0.1) is 0 Å². The highest BCUT2D eigenvalue weighted by Crippen LogP contribution is 2.23. The number of nitrogens with zero attached hydrogens (tertiary/aromatic N) is 1. The summed E-state index contributed by atoms with van der Waals surface area (Å²) in [4.78, 5) is 14.6. The number of hydrogen-bond donors (Lipinski definition) is 1. The molecule has 0 fully saturated rings. The van der Waals surface area contributed by atoms with Gasteiger partial charge in [0, 0.05) is 0 Å². The molecule has 0 unspecified atom stereocenters. The molecule has 1 rings (SSSR count). The predicted molar refractivity (Wildman–Crippen MR) is 44.1 cm³/mol. The van der Waals surface area contributed by atoms with Crippen LogP contribution in [0, 0.1) is 0 Å². The molecule has 0 amide bonds. The second-order valence-corrected chi connectivity index (χ2v) is 3.36. The summed E-state index contributed by atoms with van der Waals surface area (Å²) in [5.41, 5.74) is 1.44. The maximum absolute atomic E-state index is 11.0. The molecule has 4 heteroatoms. The summed E-state index contributed by atoms with van der Waals surface area (Å²) in [5.74, 6) is 0.0347. The molecular weight excluding hydrogens is 162 g/mol. The van der Waals surface area contributed by atoms with Crippen molar-refractivity contribution in [3.05, 3.63) is 21.4 Å². The minimum absolute atomic E-state index is 0.0347. The quantitative estimate of drug-likeness (QED) is 0.693. The molecule has 0 aliphatic carbocycles. The Hall–Kier alpha value is -0.900. The molecule has 3 nitrogen and oxygen atoms in total. The molecule has 0 atom stereocenters. The molecule has 0 spiro atoms. The predicted octanol–water partition coefficient (Wildman–Crippen LogP) is 1.33. The fourth-order valence-corrected chi connectivity index (χ4v) is 1.54. The van der Waals surface area contributed by atoms with Crippen molar-refractivity contribution in [2.45, 2.75) is 19.8 Å². The van der Waals surface area contributed by atoms with E-state index in [4.69, 9.17) is 0 Å². The van der Waals surface area contributed by atoms with E-state index in [-0.39, 0.29) is 16.5 Å². The minimum Gasteiger partial charge on any atom is -0.499 e. The van der Waals surface area contributed by atoms with Crippen LogP contribution >= 0.6 is 11.3 Å². The molecule has 60 valence electrons. The van der Waals surface area contributed by atoms with E-state index in [1.165, 1.54) is 5.51 Å². The van der Waals surface area contributed by atoms with Gasteiger partial charge in [-0.1, -0.05) is 25.2 Å². The molecule has 0 aromatic carbocycles. The van der Waals surface area contributed by atoms with Crippen LogP contribution in [0.3, 0.4) is 0 Å². The van der Waals surface area contributed by atoms with Gasteiger partial charge in [0.2, 0.25) is 0 Å². The zero-order valence-electron chi connectivity index (χ0n) is 6.37. The lowest BCUT2D eigenvalue weighted by molar-refractivity contribution is 0.478. The SMILES string of the molecule is CC(C)c1c(O)scnc1=O. The van der Waals surface area contributed by atoms with Crippen LogP contribution in [0.5, 0.6) is 5.06 Å². The van der Waals surface area contributed by atoms with Gasteiger partial charge in [0.25, 0.3) is 5.56 Å². The molecule has 0 bridgehead atoms. The third-order valence-electron chi connectivity index (χ3n) is 1.37. The fourth-order valence-electron chi connectivity index (χ4n) is 0.843. The summed E-state index contributed by atoms with van der Waals surface area (Å²) in [6.07, 6.45) is 0. The number of hydrogen-bond acceptors (Lipinski definition) is 4. The van der Waals surface area contributed by atoms with Crippen molar-refractivity contribution >= 4 is 11.3 Å². The second-order valence-electron chi connectivity index (χ2n) is 2.53. The van der Waals surface area contributed by atoms with Crippen LogP contribution in [0.4, 0.5) is 0 Å². The van der Waals surface area contributed by atoms with Crippen molar-refractivity contribution in [3.8, 4) is 5.06 Å². The van der Waals surface area contributed by atoms with E-state index in [0.29, 0.717) is 5.56 Å². The van der Waals surface area contributed by atoms with Gasteiger partial charge in [0.1, 0.15) is 0 Å². The Morgan fingerprint density at radius 2 is 2.27 bits per heavy atom. The van der Waals surface area contributed by atoms with E-state index < -0.39 is 0 Å². The molecule has 0 saturated carbocycles. The first kappa shape index (κ1) is 8.20. The molecule has 0 aliphatic heterocycles. The van der Waals surface area contributed by atoms with Gasteiger partial charge < -0.3 is 5.11 Å². The van der Waals surface area contributed by atoms with Crippen LogP contribution < -0.4 is 5.56 Å². The third kappa shape index (κ3) is 1.57. The fraction of sp³-hybridized carbons (Fsp3) is 0.429. The van der Waals surface area contributed by atoms with Crippen LogP contribution in [-0.2, 0) is 0 Å². The Labute approximate surface area is 68.4 Å². The highest BCUT2D eigenvalue weighted by molar-refractivity contribution is 7.11. The average molecular weight is 171 g/mol. The van der Waals surface area contributed by atoms with E-state index in [0.717, 1.165) is 11.3 Å². The molecule has 0 saturated heterocycles. The molecule has 0 aliphatic rings. The smallest absolute Gasteiger partial charge is 0.278 e. The molecule has 1 aromatic heterocycles. The summed E-state index contributed by atoms with van der Waals surface area (Å²) in [6.45, 7) is 3.70. The van der Waals surface area contributed by atoms with Crippen molar-refractivity contribution in [1.82, 2.24) is 4.98 Å². The lowest BCUT2D eigenvalue weighted by atomic mass is 10.1. The van der Waals surface area contributed by atoms with E-state index in [2.05, 4.69) is 4.98 Å². The van der Waals surface area contributed by atoms with Gasteiger partial charge in [-0.3, -0.25) is 4.79 Å². The topological polar surface area (TPSA) is 50.2 Å². The first-order valence-corrected chi connectivity index (χ1v) is 4.17. The molecule has 1 aromatic rings. The first-order chi connectivity index (χ1) is 5.13. The average Bonchev–Trinajstić information content (AvgIpc) is 1.85. The molecule has 0 radical (unpaired) electrons. The number of aromatic nitrogens is 1. The van der Waals surface area contributed by atoms with Gasteiger partial charge in [0.05, 0.1) is 11.1 Å². The molecule has 11 heavy (non-hydrogen) atoms. The van der Waals surface area contributed by atoms with Gasteiger partial charge in [-0.25, -0.2) is 4.98 Å². The van der Waals surface area contributed by atoms with E-state index in [1.807, 2.05) is 13.8 Å². The highest BCUT2D eigenvalue weighted by Gasteiger charge is 2.10. The minimum atomic E-state index is -0.323. The van der Waals surface area contributed by atoms with Crippen molar-refractivity contribution < 1.29 is 5.11 Å². The summed E-state index contributed by atoms with van der Waals surface area (Å²) >= 11 is 1.08. The van der Waals surface area contributed by atoms with E-state index >= 15 is 0 Å². The lowest BCUT2D eigenvalue weighted by Gasteiger charge is -2.02. The van der Waals surface area contributed by atoms with E-state index in [1.54, 1.807) is 0 Å². The number of aromatic hydroxyl groups is 1. The van der Waals surface area contributed by atoms with Crippen LogP contribution in [0.25, 0.3) is 0 Å². The molecule has 1 N–H and O–H groups in total. The van der Waals surface area contributed by atoms with Crippen molar-refractivity contribution in [2.75, 3.05) is 0 Å². The Morgan fingerprint density at radius 3 is 2.64 bits per heavy atom. The zero-order valence-corrected chi connectivity index (χ0v) is 7.18. The van der Waals surface area contributed by atoms with Crippen LogP contribution in [0.2, 0.25) is 0 Å². The Morgan fingerprint density at radius 1 is 1.64 bits per heavy atom. The monoisotopic (exact) mass is 171 g/mol. The number of rotatable bonds is 1. The molecule has 1 heterocycles. The standard InChI is InChI=1S/C7H9NO2S/c1-4(2)5-6(9)8-3-11-7(5)10/h3-4,10H,1-2H3. The van der Waals surface area contributed by atoms with Gasteiger partial charge in [0.15, 0.2) is 5.06 Å². The van der Waals surface area contributed by atoms with Crippen molar-refractivity contribution in [2.24, 2.45) is 0 Å². The largest absolute Gasteiger partial charge is 0.499 e. The maximum Gasteiger partial charge on any atom is 0.278 e. The second kappa shape index (κ2) is 3.00. The van der Waals surface area contributed by atoms with E-state index in [9.17, 15) is 9.90 Å².